The summed E-state index contributed by atoms with van der Waals surface area (Å²) in [7, 11) is -2.22. The summed E-state index contributed by atoms with van der Waals surface area (Å²) in [4.78, 5) is 15.5. The lowest BCUT2D eigenvalue weighted by Gasteiger charge is -2.08. The molecule has 0 saturated heterocycles. The van der Waals surface area contributed by atoms with Gasteiger partial charge in [0.25, 0.3) is 10.0 Å². The first-order valence-electron chi connectivity index (χ1n) is 6.42. The Bertz CT molecular complexity index is 1020. The molecule has 0 atom stereocenters. The van der Waals surface area contributed by atoms with Crippen molar-refractivity contribution in [2.45, 2.75) is 11.8 Å². The molecular weight excluding hydrogens is 306 g/mol. The third-order valence-corrected chi connectivity index (χ3v) is 4.60. The molecule has 2 aromatic heterocycles. The van der Waals surface area contributed by atoms with Gasteiger partial charge in [-0.1, -0.05) is 0 Å². The molecule has 0 amide bonds. The van der Waals surface area contributed by atoms with Crippen molar-refractivity contribution in [3.05, 3.63) is 52.8 Å². The summed E-state index contributed by atoms with van der Waals surface area (Å²) in [6.07, 6.45) is 1.52. The van der Waals surface area contributed by atoms with E-state index in [1.54, 1.807) is 26.1 Å². The van der Waals surface area contributed by atoms with Crippen LogP contribution in [0.25, 0.3) is 11.1 Å². The molecule has 0 aliphatic carbocycles. The van der Waals surface area contributed by atoms with Crippen LogP contribution in [0.15, 0.2) is 50.6 Å². The lowest BCUT2D eigenvalue weighted by molar-refractivity contribution is 0.527. The standard InChI is InChI=1S/C14H13N3O4S/c1-9-7-10(5-6-15-9)16-22(19,20)11-3-4-12-13(8-11)21-14(18)17(12)2/h3-8H,1-2H3,(H,15,16). The van der Waals surface area contributed by atoms with Gasteiger partial charge >= 0.3 is 5.76 Å². The second-order valence-corrected chi connectivity index (χ2v) is 6.53. The number of benzene rings is 1. The lowest BCUT2D eigenvalue weighted by atomic mass is 10.3. The van der Waals surface area contributed by atoms with E-state index in [0.29, 0.717) is 16.9 Å². The van der Waals surface area contributed by atoms with Crippen LogP contribution < -0.4 is 10.5 Å². The molecule has 22 heavy (non-hydrogen) atoms. The number of nitrogens with zero attached hydrogens (tertiary/aromatic N) is 2. The second-order valence-electron chi connectivity index (χ2n) is 4.85. The van der Waals surface area contributed by atoms with E-state index >= 15 is 0 Å². The molecule has 8 heteroatoms. The number of rotatable bonds is 3. The number of nitrogens with one attached hydrogen (secondary N) is 1. The number of hydrogen-bond acceptors (Lipinski definition) is 5. The van der Waals surface area contributed by atoms with E-state index in [9.17, 15) is 13.2 Å². The Balaban J connectivity index is 2.03. The summed E-state index contributed by atoms with van der Waals surface area (Å²) in [5.41, 5.74) is 1.87. The van der Waals surface area contributed by atoms with E-state index in [4.69, 9.17) is 4.42 Å². The highest BCUT2D eigenvalue weighted by Crippen LogP contribution is 2.20. The lowest BCUT2D eigenvalue weighted by Crippen LogP contribution is -2.13. The van der Waals surface area contributed by atoms with Crippen molar-refractivity contribution in [2.24, 2.45) is 7.05 Å². The van der Waals surface area contributed by atoms with Crippen LogP contribution in [0.5, 0.6) is 0 Å². The topological polar surface area (TPSA) is 94.2 Å². The fraction of sp³-hybridized carbons (Fsp3) is 0.143. The van der Waals surface area contributed by atoms with Gasteiger partial charge in [-0.15, -0.1) is 0 Å². The van der Waals surface area contributed by atoms with Gasteiger partial charge in [0, 0.05) is 25.0 Å². The maximum Gasteiger partial charge on any atom is 0.419 e. The molecule has 0 aliphatic heterocycles. The molecular formula is C14H13N3O4S. The van der Waals surface area contributed by atoms with Gasteiger partial charge in [0.1, 0.15) is 0 Å². The average molecular weight is 319 g/mol. The molecule has 0 spiro atoms. The summed E-state index contributed by atoms with van der Waals surface area (Å²) in [5, 5.41) is 0. The van der Waals surface area contributed by atoms with Gasteiger partial charge < -0.3 is 4.42 Å². The van der Waals surface area contributed by atoms with Crippen LogP contribution in [0.2, 0.25) is 0 Å². The quantitative estimate of drug-likeness (QED) is 0.792. The first-order valence-corrected chi connectivity index (χ1v) is 7.90. The Labute approximate surface area is 126 Å². The number of fused-ring (bicyclic) bond motifs is 1. The average Bonchev–Trinajstić information content (AvgIpc) is 2.73. The molecule has 114 valence electrons. The maximum atomic E-state index is 12.4. The molecule has 1 aromatic carbocycles. The van der Waals surface area contributed by atoms with E-state index in [-0.39, 0.29) is 10.5 Å². The van der Waals surface area contributed by atoms with Crippen molar-refractivity contribution in [3.63, 3.8) is 0 Å². The monoisotopic (exact) mass is 319 g/mol. The summed E-state index contributed by atoms with van der Waals surface area (Å²) >= 11 is 0. The van der Waals surface area contributed by atoms with Crippen molar-refractivity contribution in [3.8, 4) is 0 Å². The summed E-state index contributed by atoms with van der Waals surface area (Å²) < 4.78 is 33.6. The number of aromatic nitrogens is 2. The first-order chi connectivity index (χ1) is 10.4. The Morgan fingerprint density at radius 2 is 2.00 bits per heavy atom. The van der Waals surface area contributed by atoms with Crippen LogP contribution in [0.4, 0.5) is 5.69 Å². The Morgan fingerprint density at radius 3 is 2.73 bits per heavy atom. The van der Waals surface area contributed by atoms with Gasteiger partial charge in [-0.3, -0.25) is 14.3 Å². The Morgan fingerprint density at radius 1 is 1.23 bits per heavy atom. The Kier molecular flexibility index (Phi) is 3.25. The van der Waals surface area contributed by atoms with Gasteiger partial charge in [0.15, 0.2) is 5.58 Å². The SMILES string of the molecule is Cc1cc(NS(=O)(=O)c2ccc3c(c2)oc(=O)n3C)ccn1. The summed E-state index contributed by atoms with van der Waals surface area (Å²) in [6.45, 7) is 1.77. The molecule has 1 N–H and O–H groups in total. The van der Waals surface area contributed by atoms with Crippen molar-refractivity contribution in [1.29, 1.82) is 0 Å². The molecule has 7 nitrogen and oxygen atoms in total. The van der Waals surface area contributed by atoms with Crippen molar-refractivity contribution in [2.75, 3.05) is 4.72 Å². The van der Waals surface area contributed by atoms with Gasteiger partial charge in [-0.2, -0.15) is 0 Å². The van der Waals surface area contributed by atoms with Crippen LogP contribution in [0, 0.1) is 6.92 Å². The number of sulfonamides is 1. The minimum absolute atomic E-state index is 0.0174. The maximum absolute atomic E-state index is 12.4. The van der Waals surface area contributed by atoms with E-state index < -0.39 is 15.8 Å². The third kappa shape index (κ3) is 2.48. The number of aryl methyl sites for hydroxylation is 2. The summed E-state index contributed by atoms with van der Waals surface area (Å²) in [5.74, 6) is -0.540. The molecule has 3 rings (SSSR count). The largest absolute Gasteiger partial charge is 0.419 e. The van der Waals surface area contributed by atoms with E-state index in [1.807, 2.05) is 0 Å². The highest BCUT2D eigenvalue weighted by Gasteiger charge is 2.17. The molecule has 0 aliphatic rings. The Hall–Kier alpha value is -2.61. The van der Waals surface area contributed by atoms with Crippen LogP contribution in [-0.4, -0.2) is 18.0 Å². The van der Waals surface area contributed by atoms with Gasteiger partial charge in [-0.05, 0) is 31.2 Å². The van der Waals surface area contributed by atoms with Crippen LogP contribution in [0.1, 0.15) is 5.69 Å². The molecule has 2 heterocycles. The molecule has 0 fully saturated rings. The minimum atomic E-state index is -3.77. The van der Waals surface area contributed by atoms with E-state index in [1.165, 1.54) is 29.0 Å². The smallest absolute Gasteiger partial charge is 0.408 e. The predicted molar refractivity (Wildman–Crippen MR) is 81.2 cm³/mol. The van der Waals surface area contributed by atoms with Crippen LogP contribution in [-0.2, 0) is 17.1 Å². The molecule has 0 saturated carbocycles. The zero-order chi connectivity index (χ0) is 15.9. The minimum Gasteiger partial charge on any atom is -0.408 e. The van der Waals surface area contributed by atoms with Gasteiger partial charge in [0.2, 0.25) is 0 Å². The predicted octanol–water partition coefficient (Wildman–Crippen LogP) is 1.64. The zero-order valence-corrected chi connectivity index (χ0v) is 12.7. The fourth-order valence-corrected chi connectivity index (χ4v) is 3.17. The number of pyridine rings is 1. The number of hydrogen-bond donors (Lipinski definition) is 1. The second kappa shape index (κ2) is 4.99. The fourth-order valence-electron chi connectivity index (χ4n) is 2.10. The van der Waals surface area contributed by atoms with Crippen molar-refractivity contribution < 1.29 is 12.8 Å². The van der Waals surface area contributed by atoms with Crippen LogP contribution in [0.3, 0.4) is 0 Å². The van der Waals surface area contributed by atoms with Crippen molar-refractivity contribution >= 4 is 26.8 Å². The normalized spacial score (nSPS) is 11.7. The zero-order valence-electron chi connectivity index (χ0n) is 11.9. The van der Waals surface area contributed by atoms with Crippen LogP contribution >= 0.6 is 0 Å². The summed E-state index contributed by atoms with van der Waals surface area (Å²) in [6, 6.07) is 7.47. The van der Waals surface area contributed by atoms with Gasteiger partial charge in [-0.25, -0.2) is 13.2 Å². The van der Waals surface area contributed by atoms with E-state index in [0.717, 1.165) is 0 Å². The first kappa shape index (κ1) is 14.3. The third-order valence-electron chi connectivity index (χ3n) is 3.22. The highest BCUT2D eigenvalue weighted by atomic mass is 32.2. The molecule has 0 radical (unpaired) electrons. The molecule has 3 aromatic rings. The number of oxazole rings is 1. The van der Waals surface area contributed by atoms with Gasteiger partial charge in [0.05, 0.1) is 16.1 Å². The molecule has 0 bridgehead atoms. The van der Waals surface area contributed by atoms with Crippen molar-refractivity contribution in [1.82, 2.24) is 9.55 Å². The molecule has 0 unspecified atom stereocenters. The highest BCUT2D eigenvalue weighted by molar-refractivity contribution is 7.92. The van der Waals surface area contributed by atoms with E-state index in [2.05, 4.69) is 9.71 Å². The number of anilines is 1.